The maximum atomic E-state index is 13.8. The van der Waals surface area contributed by atoms with Crippen LogP contribution < -0.4 is 29.1 Å². The maximum absolute atomic E-state index is 13.8. The van der Waals surface area contributed by atoms with Gasteiger partial charge in [0.25, 0.3) is 5.56 Å². The lowest BCUT2D eigenvalue weighted by Crippen LogP contribution is -2.39. The predicted octanol–water partition coefficient (Wildman–Crippen LogP) is 3.24. The average molecular weight is 561 g/mol. The Morgan fingerprint density at radius 1 is 1.00 bits per heavy atom. The number of ether oxygens (including phenoxy) is 4. The molecule has 0 spiro atoms. The van der Waals surface area contributed by atoms with Crippen molar-refractivity contribution in [2.75, 3.05) is 21.3 Å². The van der Waals surface area contributed by atoms with Crippen molar-refractivity contribution in [3.8, 4) is 17.2 Å². The largest absolute Gasteiger partial charge is 0.497 e. The molecule has 0 saturated heterocycles. The van der Waals surface area contributed by atoms with Gasteiger partial charge in [0.05, 0.1) is 49.4 Å². The van der Waals surface area contributed by atoms with Crippen molar-refractivity contribution in [2.45, 2.75) is 13.0 Å². The van der Waals surface area contributed by atoms with E-state index in [2.05, 4.69) is 4.99 Å². The molecule has 1 unspecified atom stereocenters. The molecule has 40 heavy (non-hydrogen) atoms. The molecule has 0 saturated carbocycles. The number of hydrogen-bond donors (Lipinski definition) is 0. The normalized spacial score (nSPS) is 14.8. The quantitative estimate of drug-likeness (QED) is 0.250. The molecule has 0 amide bonds. The van der Waals surface area contributed by atoms with Crippen molar-refractivity contribution in [1.29, 1.82) is 0 Å². The van der Waals surface area contributed by atoms with Gasteiger partial charge in [-0.3, -0.25) is 9.36 Å². The summed E-state index contributed by atoms with van der Waals surface area (Å²) in [5.74, 6) is 0.233. The number of thiazole rings is 1. The van der Waals surface area contributed by atoms with E-state index in [1.54, 1.807) is 68.6 Å². The van der Waals surface area contributed by atoms with E-state index in [1.165, 1.54) is 42.5 Å². The molecule has 5 rings (SSSR count). The number of furan rings is 1. The zero-order valence-electron chi connectivity index (χ0n) is 22.0. The number of benzene rings is 2. The standard InChI is InChI=1S/C29H24N2O8S/c1-16-24(28(34)37-4)25(17-7-10-19(11-8-17)39-27(33)21-6-5-13-38-21)31-26(32)23(40-29(31)30-16)14-18-9-12-20(35-2)15-22(18)36-3/h5-15,25H,1-4H3. The number of hydrogen-bond acceptors (Lipinski definition) is 10. The van der Waals surface area contributed by atoms with Gasteiger partial charge < -0.3 is 23.4 Å². The minimum Gasteiger partial charge on any atom is -0.497 e. The highest BCUT2D eigenvalue weighted by Crippen LogP contribution is 2.32. The van der Waals surface area contributed by atoms with Crippen LogP contribution in [0.2, 0.25) is 0 Å². The Morgan fingerprint density at radius 2 is 1.75 bits per heavy atom. The summed E-state index contributed by atoms with van der Waals surface area (Å²) < 4.78 is 28.1. The van der Waals surface area contributed by atoms with Crippen LogP contribution in [0.1, 0.15) is 34.6 Å². The van der Waals surface area contributed by atoms with E-state index in [-0.39, 0.29) is 22.6 Å². The van der Waals surface area contributed by atoms with Crippen LogP contribution in [0.5, 0.6) is 17.2 Å². The Balaban J connectivity index is 1.60. The zero-order valence-corrected chi connectivity index (χ0v) is 22.8. The van der Waals surface area contributed by atoms with Crippen molar-refractivity contribution >= 4 is 29.4 Å². The van der Waals surface area contributed by atoms with Gasteiger partial charge in [-0.05, 0) is 55.0 Å². The summed E-state index contributed by atoms with van der Waals surface area (Å²) in [6, 6.07) is 14.1. The first-order valence-electron chi connectivity index (χ1n) is 12.0. The number of nitrogens with zero attached hydrogens (tertiary/aromatic N) is 2. The average Bonchev–Trinajstić information content (AvgIpc) is 3.61. The molecule has 4 aromatic rings. The van der Waals surface area contributed by atoms with Gasteiger partial charge in [0.1, 0.15) is 17.2 Å². The highest BCUT2D eigenvalue weighted by Gasteiger charge is 2.33. The molecule has 2 aromatic carbocycles. The second-order valence-corrected chi connectivity index (χ2v) is 9.63. The fourth-order valence-corrected chi connectivity index (χ4v) is 5.39. The number of carbonyl (C=O) groups is 2. The second-order valence-electron chi connectivity index (χ2n) is 8.62. The third-order valence-electron chi connectivity index (χ3n) is 6.28. The Labute approximate surface area is 232 Å². The van der Waals surface area contributed by atoms with E-state index in [0.717, 1.165) is 0 Å². The molecule has 1 atom stereocenters. The molecule has 0 fully saturated rings. The minimum absolute atomic E-state index is 0.0660. The van der Waals surface area contributed by atoms with Crippen LogP contribution in [0.25, 0.3) is 6.08 Å². The summed E-state index contributed by atoms with van der Waals surface area (Å²) in [6.07, 6.45) is 3.09. The van der Waals surface area contributed by atoms with Gasteiger partial charge in [-0.15, -0.1) is 0 Å². The molecule has 1 aliphatic rings. The van der Waals surface area contributed by atoms with Crippen molar-refractivity contribution < 1.29 is 33.0 Å². The van der Waals surface area contributed by atoms with E-state index < -0.39 is 18.0 Å². The zero-order chi connectivity index (χ0) is 28.4. The lowest BCUT2D eigenvalue weighted by Gasteiger charge is -2.24. The molecule has 11 heteroatoms. The summed E-state index contributed by atoms with van der Waals surface area (Å²) in [5, 5.41) is 0. The number of rotatable bonds is 7. The maximum Gasteiger partial charge on any atom is 0.379 e. The van der Waals surface area contributed by atoms with Gasteiger partial charge in [-0.1, -0.05) is 23.5 Å². The third-order valence-corrected chi connectivity index (χ3v) is 7.27. The number of methoxy groups -OCH3 is 3. The Hall–Kier alpha value is -4.90. The van der Waals surface area contributed by atoms with Crippen molar-refractivity contribution in [2.24, 2.45) is 4.99 Å². The van der Waals surface area contributed by atoms with Crippen molar-refractivity contribution in [3.05, 3.63) is 109 Å². The molecule has 0 radical (unpaired) electrons. The topological polar surface area (TPSA) is 119 Å². The van der Waals surface area contributed by atoms with Gasteiger partial charge in [-0.25, -0.2) is 14.6 Å². The van der Waals surface area contributed by atoms with Gasteiger partial charge in [0.2, 0.25) is 5.76 Å². The smallest absolute Gasteiger partial charge is 0.379 e. The van der Waals surface area contributed by atoms with Gasteiger partial charge in [0, 0.05) is 11.6 Å². The number of fused-ring (bicyclic) bond motifs is 1. The highest BCUT2D eigenvalue weighted by molar-refractivity contribution is 7.07. The Morgan fingerprint density at radius 3 is 2.40 bits per heavy atom. The molecule has 3 heterocycles. The molecule has 1 aliphatic heterocycles. The lowest BCUT2D eigenvalue weighted by atomic mass is 9.96. The number of aromatic nitrogens is 1. The molecule has 204 valence electrons. The van der Waals surface area contributed by atoms with E-state index in [0.29, 0.717) is 37.7 Å². The van der Waals surface area contributed by atoms with Crippen LogP contribution in [0, 0.1) is 0 Å². The van der Waals surface area contributed by atoms with Crippen LogP contribution in [0.15, 0.2) is 86.3 Å². The fourth-order valence-electron chi connectivity index (χ4n) is 4.36. The Kier molecular flexibility index (Phi) is 7.39. The van der Waals surface area contributed by atoms with E-state index in [9.17, 15) is 14.4 Å². The molecule has 0 bridgehead atoms. The monoisotopic (exact) mass is 560 g/mol. The molecule has 0 N–H and O–H groups in total. The molecule has 0 aliphatic carbocycles. The van der Waals surface area contributed by atoms with Crippen LogP contribution in [0.4, 0.5) is 0 Å². The number of esters is 2. The predicted molar refractivity (Wildman–Crippen MR) is 145 cm³/mol. The molecular weight excluding hydrogens is 536 g/mol. The first-order chi connectivity index (χ1) is 19.3. The number of allylic oxidation sites excluding steroid dienone is 1. The van der Waals surface area contributed by atoms with Crippen LogP contribution in [-0.2, 0) is 9.53 Å². The first kappa shape index (κ1) is 26.7. The van der Waals surface area contributed by atoms with Gasteiger partial charge in [0.15, 0.2) is 4.80 Å². The summed E-state index contributed by atoms with van der Waals surface area (Å²) in [4.78, 5) is 43.9. The summed E-state index contributed by atoms with van der Waals surface area (Å²) >= 11 is 1.19. The summed E-state index contributed by atoms with van der Waals surface area (Å²) in [7, 11) is 4.37. The van der Waals surface area contributed by atoms with Gasteiger partial charge >= 0.3 is 11.9 Å². The van der Waals surface area contributed by atoms with E-state index in [4.69, 9.17) is 23.4 Å². The highest BCUT2D eigenvalue weighted by atomic mass is 32.1. The Bertz CT molecular complexity index is 1800. The van der Waals surface area contributed by atoms with E-state index in [1.807, 2.05) is 0 Å². The molecular formula is C29H24N2O8S. The minimum atomic E-state index is -0.821. The van der Waals surface area contributed by atoms with Crippen molar-refractivity contribution in [3.63, 3.8) is 0 Å². The summed E-state index contributed by atoms with van der Waals surface area (Å²) in [6.45, 7) is 1.70. The van der Waals surface area contributed by atoms with Crippen LogP contribution in [0.3, 0.4) is 0 Å². The first-order valence-corrected chi connectivity index (χ1v) is 12.8. The summed E-state index contributed by atoms with van der Waals surface area (Å²) in [5.41, 5.74) is 1.59. The second kappa shape index (κ2) is 11.1. The number of carbonyl (C=O) groups excluding carboxylic acids is 2. The van der Waals surface area contributed by atoms with Crippen LogP contribution >= 0.6 is 11.3 Å². The lowest BCUT2D eigenvalue weighted by molar-refractivity contribution is -0.136. The third kappa shape index (κ3) is 4.94. The van der Waals surface area contributed by atoms with E-state index >= 15 is 0 Å². The molecule has 2 aromatic heterocycles. The molecule has 10 nitrogen and oxygen atoms in total. The van der Waals surface area contributed by atoms with Crippen LogP contribution in [-0.4, -0.2) is 37.8 Å². The van der Waals surface area contributed by atoms with Crippen molar-refractivity contribution in [1.82, 2.24) is 4.57 Å². The van der Waals surface area contributed by atoms with Gasteiger partial charge in [-0.2, -0.15) is 0 Å². The fraction of sp³-hybridized carbons (Fsp3) is 0.172. The SMILES string of the molecule is COC(=O)C1=C(C)N=c2sc(=Cc3ccc(OC)cc3OC)c(=O)n2C1c1ccc(OC(=O)c2ccco2)cc1.